The molecular weight excluding hydrogens is 312 g/mol. The predicted molar refractivity (Wildman–Crippen MR) is 73.9 cm³/mol. The molecule has 1 N–H and O–H groups in total. The van der Waals surface area contributed by atoms with Gasteiger partial charge in [0.1, 0.15) is 5.75 Å². The fourth-order valence-corrected chi connectivity index (χ4v) is 3.21. The van der Waals surface area contributed by atoms with Crippen LogP contribution >= 0.6 is 15.9 Å². The number of ether oxygens (including phenoxy) is 1. The zero-order valence-electron chi connectivity index (χ0n) is 10.7. The maximum absolute atomic E-state index is 12.0. The number of halogens is 1. The molecule has 5 heteroatoms. The third-order valence-corrected chi connectivity index (χ3v) is 4.02. The van der Waals surface area contributed by atoms with Crippen LogP contribution in [-0.2, 0) is 17.6 Å². The van der Waals surface area contributed by atoms with E-state index in [0.717, 1.165) is 43.2 Å². The van der Waals surface area contributed by atoms with E-state index >= 15 is 0 Å². The Morgan fingerprint density at radius 1 is 1.26 bits per heavy atom. The number of methoxy groups -OCH3 is 1. The van der Waals surface area contributed by atoms with Crippen molar-refractivity contribution >= 4 is 27.7 Å². The third-order valence-electron chi connectivity index (χ3n) is 3.43. The Morgan fingerprint density at radius 2 is 1.95 bits per heavy atom. The maximum Gasteiger partial charge on any atom is 0.377 e. The molecule has 1 aliphatic carbocycles. The number of carbonyl (C=O) groups is 2. The van der Waals surface area contributed by atoms with Gasteiger partial charge in [-0.1, -0.05) is 6.42 Å². The van der Waals surface area contributed by atoms with Crippen molar-refractivity contribution in [3.05, 3.63) is 27.2 Å². The van der Waals surface area contributed by atoms with E-state index in [4.69, 9.17) is 9.84 Å². The average Bonchev–Trinajstić information content (AvgIpc) is 2.61. The number of benzene rings is 1. The number of aliphatic carboxylic acids is 1. The number of aryl methyl sites for hydroxylation is 1. The molecule has 0 radical (unpaired) electrons. The van der Waals surface area contributed by atoms with Crippen LogP contribution in [0, 0.1) is 0 Å². The summed E-state index contributed by atoms with van der Waals surface area (Å²) in [6, 6.07) is 1.94. The fraction of sp³-hybridized carbons (Fsp3) is 0.429. The second kappa shape index (κ2) is 5.74. The number of hydrogen-bond donors (Lipinski definition) is 1. The molecule has 102 valence electrons. The molecule has 0 amide bonds. The summed E-state index contributed by atoms with van der Waals surface area (Å²) in [5.74, 6) is -2.01. The topological polar surface area (TPSA) is 63.6 Å². The maximum atomic E-state index is 12.0. The second-order valence-electron chi connectivity index (χ2n) is 4.60. The molecule has 1 aromatic rings. The Morgan fingerprint density at radius 3 is 2.58 bits per heavy atom. The van der Waals surface area contributed by atoms with Crippen molar-refractivity contribution < 1.29 is 19.4 Å². The van der Waals surface area contributed by atoms with Gasteiger partial charge in [-0.3, -0.25) is 4.79 Å². The van der Waals surface area contributed by atoms with Crippen molar-refractivity contribution in [1.29, 1.82) is 0 Å². The van der Waals surface area contributed by atoms with Crippen LogP contribution in [0.15, 0.2) is 10.5 Å². The van der Waals surface area contributed by atoms with Gasteiger partial charge in [-0.15, -0.1) is 0 Å². The highest BCUT2D eigenvalue weighted by atomic mass is 79.9. The first-order chi connectivity index (χ1) is 9.06. The molecule has 0 atom stereocenters. The molecule has 4 nitrogen and oxygen atoms in total. The molecule has 0 saturated carbocycles. The molecule has 0 saturated heterocycles. The van der Waals surface area contributed by atoms with E-state index in [9.17, 15) is 9.59 Å². The van der Waals surface area contributed by atoms with E-state index in [-0.39, 0.29) is 5.56 Å². The Hall–Kier alpha value is -1.36. The first kappa shape index (κ1) is 14.1. The average molecular weight is 327 g/mol. The summed E-state index contributed by atoms with van der Waals surface area (Å²) in [7, 11) is 1.45. The minimum Gasteiger partial charge on any atom is -0.495 e. The zero-order valence-corrected chi connectivity index (χ0v) is 12.2. The Bertz CT molecular complexity index is 537. The molecule has 0 spiro atoms. The van der Waals surface area contributed by atoms with Crippen LogP contribution in [0.2, 0.25) is 0 Å². The highest BCUT2D eigenvalue weighted by Gasteiger charge is 2.27. The van der Waals surface area contributed by atoms with Gasteiger partial charge in [-0.05, 0) is 58.8 Å². The number of carboxylic acid groups (broad SMARTS) is 1. The van der Waals surface area contributed by atoms with Crippen molar-refractivity contribution in [3.8, 4) is 5.75 Å². The summed E-state index contributed by atoms with van der Waals surface area (Å²) in [5, 5.41) is 9.00. The van der Waals surface area contributed by atoms with Crippen LogP contribution in [0.5, 0.6) is 5.75 Å². The van der Waals surface area contributed by atoms with Gasteiger partial charge >= 0.3 is 5.97 Å². The summed E-state index contributed by atoms with van der Waals surface area (Å²) < 4.78 is 5.86. The predicted octanol–water partition coefficient (Wildman–Crippen LogP) is 2.99. The van der Waals surface area contributed by atoms with Crippen molar-refractivity contribution in [2.75, 3.05) is 7.11 Å². The summed E-state index contributed by atoms with van der Waals surface area (Å²) in [6.07, 6.45) is 4.73. The SMILES string of the molecule is COc1c(Br)cc2c(c1C(=O)C(=O)O)CCCCC2. The molecule has 0 aromatic heterocycles. The molecule has 0 heterocycles. The fourth-order valence-electron chi connectivity index (χ4n) is 2.57. The van der Waals surface area contributed by atoms with Crippen LogP contribution in [0.3, 0.4) is 0 Å². The second-order valence-corrected chi connectivity index (χ2v) is 5.45. The lowest BCUT2D eigenvalue weighted by molar-refractivity contribution is -0.131. The molecule has 19 heavy (non-hydrogen) atoms. The summed E-state index contributed by atoms with van der Waals surface area (Å²) in [4.78, 5) is 23.0. The Balaban J connectivity index is 2.68. The number of carboxylic acids is 1. The van der Waals surface area contributed by atoms with Gasteiger partial charge in [-0.25, -0.2) is 4.79 Å². The van der Waals surface area contributed by atoms with Gasteiger partial charge in [0.25, 0.3) is 5.78 Å². The number of hydrogen-bond acceptors (Lipinski definition) is 3. The molecule has 0 bridgehead atoms. The first-order valence-electron chi connectivity index (χ1n) is 6.22. The molecule has 1 aliphatic rings. The van der Waals surface area contributed by atoms with Gasteiger partial charge in [-0.2, -0.15) is 0 Å². The van der Waals surface area contributed by atoms with Crippen molar-refractivity contribution in [1.82, 2.24) is 0 Å². The number of Topliss-reactive ketones (excluding diaryl/α,β-unsaturated/α-hetero) is 1. The lowest BCUT2D eigenvalue weighted by Crippen LogP contribution is -2.17. The zero-order chi connectivity index (χ0) is 14.0. The number of rotatable bonds is 3. The lowest BCUT2D eigenvalue weighted by atomic mass is 9.93. The molecule has 0 unspecified atom stereocenters. The van der Waals surface area contributed by atoms with Gasteiger partial charge < -0.3 is 9.84 Å². The van der Waals surface area contributed by atoms with Gasteiger partial charge in [0.2, 0.25) is 0 Å². The molecule has 0 fully saturated rings. The highest BCUT2D eigenvalue weighted by molar-refractivity contribution is 9.10. The van der Waals surface area contributed by atoms with Gasteiger partial charge in [0.05, 0.1) is 17.1 Å². The van der Waals surface area contributed by atoms with E-state index < -0.39 is 11.8 Å². The molecule has 1 aromatic carbocycles. The highest BCUT2D eigenvalue weighted by Crippen LogP contribution is 2.37. The minimum absolute atomic E-state index is 0.210. The van der Waals surface area contributed by atoms with Gasteiger partial charge in [0, 0.05) is 0 Å². The summed E-state index contributed by atoms with van der Waals surface area (Å²) in [6.45, 7) is 0. The van der Waals surface area contributed by atoms with Crippen molar-refractivity contribution in [2.24, 2.45) is 0 Å². The Kier molecular flexibility index (Phi) is 4.24. The number of ketones is 1. The van der Waals surface area contributed by atoms with Crippen molar-refractivity contribution in [3.63, 3.8) is 0 Å². The largest absolute Gasteiger partial charge is 0.495 e. The number of carbonyl (C=O) groups excluding carboxylic acids is 1. The first-order valence-corrected chi connectivity index (χ1v) is 7.01. The normalized spacial score (nSPS) is 14.4. The number of fused-ring (bicyclic) bond motifs is 1. The Labute approximate surface area is 119 Å². The van der Waals surface area contributed by atoms with E-state index in [1.165, 1.54) is 7.11 Å². The van der Waals surface area contributed by atoms with Crippen LogP contribution in [-0.4, -0.2) is 24.0 Å². The van der Waals surface area contributed by atoms with Crippen molar-refractivity contribution in [2.45, 2.75) is 32.1 Å². The summed E-state index contributed by atoms with van der Waals surface area (Å²) >= 11 is 3.36. The summed E-state index contributed by atoms with van der Waals surface area (Å²) in [5.41, 5.74) is 2.10. The minimum atomic E-state index is -1.44. The van der Waals surface area contributed by atoms with Crippen LogP contribution in [0.4, 0.5) is 0 Å². The lowest BCUT2D eigenvalue weighted by Gasteiger charge is -2.16. The van der Waals surface area contributed by atoms with Crippen LogP contribution in [0.25, 0.3) is 0 Å². The smallest absolute Gasteiger partial charge is 0.377 e. The third kappa shape index (κ3) is 2.66. The molecular formula is C14H15BrO4. The molecule has 0 aliphatic heterocycles. The van der Waals surface area contributed by atoms with Crippen LogP contribution < -0.4 is 4.74 Å². The quantitative estimate of drug-likeness (QED) is 0.527. The molecule has 2 rings (SSSR count). The standard InChI is InChI=1S/C14H15BrO4/c1-19-13-10(15)7-8-5-3-2-4-6-9(8)11(13)12(16)14(17)18/h7H,2-6H2,1H3,(H,17,18). The van der Waals surface area contributed by atoms with Gasteiger partial charge in [0.15, 0.2) is 0 Å². The van der Waals surface area contributed by atoms with E-state index in [2.05, 4.69) is 15.9 Å². The van der Waals surface area contributed by atoms with Crippen LogP contribution in [0.1, 0.15) is 40.7 Å². The van der Waals surface area contributed by atoms with E-state index in [1.807, 2.05) is 6.07 Å². The van der Waals surface area contributed by atoms with E-state index in [1.54, 1.807) is 0 Å². The monoisotopic (exact) mass is 326 g/mol. The van der Waals surface area contributed by atoms with E-state index in [0.29, 0.717) is 10.2 Å².